The maximum atomic E-state index is 15.1. The van der Waals surface area contributed by atoms with Gasteiger partial charge in [-0.2, -0.15) is 8.78 Å². The van der Waals surface area contributed by atoms with E-state index in [9.17, 15) is 13.2 Å². The minimum atomic E-state index is -5.05. The molecular weight excluding hydrogens is 432 g/mol. The fourth-order valence-electron chi connectivity index (χ4n) is 2.48. The first-order chi connectivity index (χ1) is 12.1. The molecule has 5 nitrogen and oxygen atoms in total. The molecule has 2 rings (SSSR count). The number of benzene rings is 2. The molecule has 2 N–H and O–H groups in total. The quantitative estimate of drug-likeness (QED) is 0.703. The molecule has 2 aromatic carbocycles. The third-order valence-electron chi connectivity index (χ3n) is 3.80. The molecule has 1 amide bonds. The lowest BCUT2D eigenvalue weighted by atomic mass is 9.95. The van der Waals surface area contributed by atoms with Gasteiger partial charge in [-0.05, 0) is 45.8 Å². The molecule has 0 bridgehead atoms. The number of ether oxygens (including phenoxy) is 1. The Kier molecular flexibility index (Phi) is 6.02. The van der Waals surface area contributed by atoms with Gasteiger partial charge in [0.15, 0.2) is 0 Å². The van der Waals surface area contributed by atoms with E-state index in [1.807, 2.05) is 0 Å². The average Bonchev–Trinajstić information content (AvgIpc) is 2.60. The van der Waals surface area contributed by atoms with Crippen LogP contribution in [-0.4, -0.2) is 26.7 Å². The van der Waals surface area contributed by atoms with Gasteiger partial charge in [-0.1, -0.05) is 24.3 Å². The Hall–Kier alpha value is -2.00. The summed E-state index contributed by atoms with van der Waals surface area (Å²) in [5.41, 5.74) is 5.05. The molecule has 140 valence electrons. The third-order valence-corrected chi connectivity index (χ3v) is 6.31. The second-order valence-corrected chi connectivity index (χ2v) is 8.37. The lowest BCUT2D eigenvalue weighted by Crippen LogP contribution is -2.38. The van der Waals surface area contributed by atoms with Gasteiger partial charge in [-0.15, -0.1) is 0 Å². The SMILES string of the molecule is COc1ccc(C(CC(N)=O)C(F)(F)S(=O)(=O)c2ccccc2)cc1Br. The highest BCUT2D eigenvalue weighted by Gasteiger charge is 2.53. The predicted octanol–water partition coefficient (Wildman–Crippen LogP) is 3.48. The number of primary amides is 1. The van der Waals surface area contributed by atoms with E-state index in [2.05, 4.69) is 15.9 Å². The molecule has 0 aliphatic heterocycles. The van der Waals surface area contributed by atoms with Crippen molar-refractivity contribution in [2.24, 2.45) is 5.73 Å². The number of carbonyl (C=O) groups excluding carboxylic acids is 1. The zero-order chi connectivity index (χ0) is 19.5. The summed E-state index contributed by atoms with van der Waals surface area (Å²) in [6, 6.07) is 10.3. The largest absolute Gasteiger partial charge is 0.496 e. The summed E-state index contributed by atoms with van der Waals surface area (Å²) in [5.74, 6) is -2.61. The number of amides is 1. The lowest BCUT2D eigenvalue weighted by Gasteiger charge is -2.26. The molecule has 0 aliphatic carbocycles. The highest BCUT2D eigenvalue weighted by molar-refractivity contribution is 9.10. The van der Waals surface area contributed by atoms with Crippen LogP contribution in [0.2, 0.25) is 0 Å². The fraction of sp³-hybridized carbons (Fsp3) is 0.235. The fourth-order valence-corrected chi connectivity index (χ4v) is 4.46. The van der Waals surface area contributed by atoms with Crippen LogP contribution in [0.4, 0.5) is 8.78 Å². The van der Waals surface area contributed by atoms with Crippen LogP contribution >= 0.6 is 15.9 Å². The van der Waals surface area contributed by atoms with Gasteiger partial charge < -0.3 is 10.5 Å². The smallest absolute Gasteiger partial charge is 0.357 e. The van der Waals surface area contributed by atoms with Crippen molar-refractivity contribution in [3.63, 3.8) is 0 Å². The van der Waals surface area contributed by atoms with Crippen LogP contribution in [0, 0.1) is 0 Å². The zero-order valence-electron chi connectivity index (χ0n) is 13.7. The molecule has 9 heteroatoms. The van der Waals surface area contributed by atoms with Crippen LogP contribution in [0.25, 0.3) is 0 Å². The van der Waals surface area contributed by atoms with Gasteiger partial charge in [0.2, 0.25) is 15.7 Å². The first-order valence-corrected chi connectivity index (χ1v) is 9.68. The Bertz CT molecular complexity index is 904. The second-order valence-electron chi connectivity index (χ2n) is 5.50. The number of methoxy groups -OCH3 is 1. The van der Waals surface area contributed by atoms with E-state index < -0.39 is 38.2 Å². The van der Waals surface area contributed by atoms with Crippen molar-refractivity contribution in [2.45, 2.75) is 22.5 Å². The minimum absolute atomic E-state index is 0.0546. The van der Waals surface area contributed by atoms with Gasteiger partial charge in [0.25, 0.3) is 0 Å². The van der Waals surface area contributed by atoms with Crippen LogP contribution in [0.1, 0.15) is 17.9 Å². The highest BCUT2D eigenvalue weighted by atomic mass is 79.9. The van der Waals surface area contributed by atoms with Crippen LogP contribution in [-0.2, 0) is 14.6 Å². The van der Waals surface area contributed by atoms with E-state index in [1.165, 1.54) is 43.5 Å². The number of sulfone groups is 1. The van der Waals surface area contributed by atoms with Gasteiger partial charge in [-0.25, -0.2) is 8.42 Å². The molecule has 0 heterocycles. The van der Waals surface area contributed by atoms with Crippen molar-refractivity contribution in [2.75, 3.05) is 7.11 Å². The average molecular weight is 448 g/mol. The van der Waals surface area contributed by atoms with E-state index in [1.54, 1.807) is 0 Å². The Morgan fingerprint density at radius 1 is 1.23 bits per heavy atom. The first-order valence-electron chi connectivity index (χ1n) is 7.40. The molecule has 0 aliphatic rings. The van der Waals surface area contributed by atoms with Crippen LogP contribution in [0.15, 0.2) is 57.9 Å². The van der Waals surface area contributed by atoms with Gasteiger partial charge in [0, 0.05) is 6.42 Å². The molecule has 0 saturated carbocycles. The van der Waals surface area contributed by atoms with Crippen molar-refractivity contribution in [3.8, 4) is 5.75 Å². The summed E-state index contributed by atoms with van der Waals surface area (Å²) in [5, 5.41) is -4.25. The first kappa shape index (κ1) is 20.3. The van der Waals surface area contributed by atoms with Crippen LogP contribution < -0.4 is 10.5 Å². The van der Waals surface area contributed by atoms with Crippen LogP contribution in [0.5, 0.6) is 5.75 Å². The standard InChI is InChI=1S/C17H16BrF2NO4S/c1-25-15-8-7-11(9-14(15)18)13(10-16(21)22)17(19,20)26(23,24)12-5-3-2-4-6-12/h2-9,13H,10H2,1H3,(H2,21,22). The van der Waals surface area contributed by atoms with Crippen LogP contribution in [0.3, 0.4) is 0 Å². The molecule has 0 fully saturated rings. The Morgan fingerprint density at radius 3 is 2.35 bits per heavy atom. The summed E-state index contributed by atoms with van der Waals surface area (Å²) in [4.78, 5) is 10.8. The number of halogens is 3. The number of nitrogens with two attached hydrogens (primary N) is 1. The zero-order valence-corrected chi connectivity index (χ0v) is 16.1. The maximum absolute atomic E-state index is 15.1. The van der Waals surface area contributed by atoms with Gasteiger partial charge in [0.05, 0.1) is 22.4 Å². The van der Waals surface area contributed by atoms with E-state index in [0.717, 1.165) is 12.1 Å². The molecule has 2 aromatic rings. The minimum Gasteiger partial charge on any atom is -0.496 e. The number of carbonyl (C=O) groups is 1. The number of rotatable bonds is 7. The van der Waals surface area contributed by atoms with Crippen molar-refractivity contribution in [1.82, 2.24) is 0 Å². The summed E-state index contributed by atoms with van der Waals surface area (Å²) in [6.07, 6.45) is -0.835. The molecule has 26 heavy (non-hydrogen) atoms. The topological polar surface area (TPSA) is 86.5 Å². The highest BCUT2D eigenvalue weighted by Crippen LogP contribution is 2.44. The van der Waals surface area contributed by atoms with Gasteiger partial charge >= 0.3 is 5.25 Å². The third kappa shape index (κ3) is 3.88. The van der Waals surface area contributed by atoms with Crippen molar-refractivity contribution >= 4 is 31.7 Å². The Labute approximate surface area is 158 Å². The molecule has 0 saturated heterocycles. The van der Waals surface area contributed by atoms with E-state index in [-0.39, 0.29) is 5.56 Å². The molecule has 1 unspecified atom stereocenters. The molecule has 0 radical (unpaired) electrons. The normalized spacial score (nSPS) is 13.2. The van der Waals surface area contributed by atoms with E-state index >= 15 is 8.78 Å². The molecule has 1 atom stereocenters. The van der Waals surface area contributed by atoms with Crippen molar-refractivity contribution in [1.29, 1.82) is 0 Å². The van der Waals surface area contributed by atoms with E-state index in [4.69, 9.17) is 10.5 Å². The van der Waals surface area contributed by atoms with E-state index in [0.29, 0.717) is 10.2 Å². The summed E-state index contributed by atoms with van der Waals surface area (Å²) in [7, 11) is -3.65. The monoisotopic (exact) mass is 447 g/mol. The molecular formula is C17H16BrF2NO4S. The summed E-state index contributed by atoms with van der Waals surface area (Å²) in [6.45, 7) is 0. The van der Waals surface area contributed by atoms with Crippen molar-refractivity contribution < 1.29 is 26.7 Å². The molecule has 0 aromatic heterocycles. The summed E-state index contributed by atoms with van der Waals surface area (Å²) >= 11 is 3.17. The Morgan fingerprint density at radius 2 is 1.85 bits per heavy atom. The number of hydrogen-bond acceptors (Lipinski definition) is 4. The maximum Gasteiger partial charge on any atom is 0.357 e. The number of hydrogen-bond donors (Lipinski definition) is 1. The molecule has 0 spiro atoms. The number of alkyl halides is 2. The summed E-state index contributed by atoms with van der Waals surface area (Å²) < 4.78 is 60.6. The Balaban J connectivity index is 2.58. The second kappa shape index (κ2) is 7.71. The predicted molar refractivity (Wildman–Crippen MR) is 95.8 cm³/mol. The lowest BCUT2D eigenvalue weighted by molar-refractivity contribution is -0.119. The van der Waals surface area contributed by atoms with Crippen molar-refractivity contribution in [3.05, 3.63) is 58.6 Å². The van der Waals surface area contributed by atoms with Gasteiger partial charge in [-0.3, -0.25) is 4.79 Å². The van der Waals surface area contributed by atoms with Gasteiger partial charge in [0.1, 0.15) is 5.75 Å².